The Labute approximate surface area is 153 Å². The molecule has 1 atom stereocenters. The molecular weight excluding hydrogens is 338 g/mol. The molecule has 25 heavy (non-hydrogen) atoms. The summed E-state index contributed by atoms with van der Waals surface area (Å²) in [5.41, 5.74) is 3.87. The molecule has 0 fully saturated rings. The van der Waals surface area contributed by atoms with E-state index in [2.05, 4.69) is 41.6 Å². The number of nitrogens with zero attached hydrogens (tertiary/aromatic N) is 2. The Morgan fingerprint density at radius 2 is 2.04 bits per heavy atom. The normalized spacial score (nSPS) is 12.5. The van der Waals surface area contributed by atoms with Crippen molar-refractivity contribution >= 4 is 23.6 Å². The molecule has 1 unspecified atom stereocenters. The molecule has 0 spiro atoms. The molecule has 0 bridgehead atoms. The van der Waals surface area contributed by atoms with E-state index in [-0.39, 0.29) is 11.9 Å². The number of aromatic nitrogens is 2. The summed E-state index contributed by atoms with van der Waals surface area (Å²) < 4.78 is 6.74. The number of nitrogens with one attached hydrogen (secondary N) is 1. The van der Waals surface area contributed by atoms with Crippen molar-refractivity contribution in [1.29, 1.82) is 0 Å². The average Bonchev–Trinajstić information content (AvgIpc) is 2.81. The number of benzene rings is 1. The summed E-state index contributed by atoms with van der Waals surface area (Å²) in [6, 6.07) is 8.19. The minimum absolute atomic E-state index is 0.0528. The van der Waals surface area contributed by atoms with Gasteiger partial charge in [0.05, 0.1) is 18.8 Å². The summed E-state index contributed by atoms with van der Waals surface area (Å²) in [5.74, 6) is -0.189. The Morgan fingerprint density at radius 3 is 2.68 bits per heavy atom. The minimum atomic E-state index is -0.189. The highest BCUT2D eigenvalue weighted by molar-refractivity contribution is 6.31. The highest BCUT2D eigenvalue weighted by atomic mass is 35.5. The first-order chi connectivity index (χ1) is 11.9. The van der Waals surface area contributed by atoms with Crippen LogP contribution in [0.4, 0.5) is 0 Å². The van der Waals surface area contributed by atoms with Crippen LogP contribution in [0.25, 0.3) is 6.08 Å². The number of amides is 1. The summed E-state index contributed by atoms with van der Waals surface area (Å²) in [5, 5.41) is 7.82. The number of hydrogen-bond donors (Lipinski definition) is 1. The number of methoxy groups -OCH3 is 1. The number of hydrogen-bond acceptors (Lipinski definition) is 3. The molecule has 1 heterocycles. The van der Waals surface area contributed by atoms with Gasteiger partial charge < -0.3 is 10.1 Å². The molecule has 134 valence electrons. The molecule has 6 heteroatoms. The highest BCUT2D eigenvalue weighted by Crippen LogP contribution is 2.22. The van der Waals surface area contributed by atoms with E-state index in [1.54, 1.807) is 17.9 Å². The number of aryl methyl sites for hydroxylation is 2. The number of ether oxygens (including phenoxy) is 1. The van der Waals surface area contributed by atoms with Gasteiger partial charge >= 0.3 is 0 Å². The zero-order chi connectivity index (χ0) is 18.4. The van der Waals surface area contributed by atoms with Gasteiger partial charge in [-0.05, 0) is 32.4 Å². The van der Waals surface area contributed by atoms with E-state index in [0.29, 0.717) is 18.3 Å². The second-order valence-electron chi connectivity index (χ2n) is 6.13. The summed E-state index contributed by atoms with van der Waals surface area (Å²) in [6.45, 7) is 6.87. The molecule has 2 aromatic rings. The first-order valence-corrected chi connectivity index (χ1v) is 8.54. The third-order valence-corrected chi connectivity index (χ3v) is 4.17. The Balaban J connectivity index is 2.09. The van der Waals surface area contributed by atoms with Gasteiger partial charge in [-0.15, -0.1) is 0 Å². The Hall–Kier alpha value is -2.11. The molecule has 1 aromatic heterocycles. The Bertz CT molecular complexity index is 751. The lowest BCUT2D eigenvalue weighted by atomic mass is 10.1. The van der Waals surface area contributed by atoms with Gasteiger partial charge in [0.1, 0.15) is 5.15 Å². The first-order valence-electron chi connectivity index (χ1n) is 8.16. The van der Waals surface area contributed by atoms with E-state index in [1.807, 2.05) is 13.8 Å². The molecule has 2 rings (SSSR count). The SMILES string of the molecule is COCC(C)NC(=O)C=Cc1c(C)nn(Cc2ccc(C)cc2)c1Cl. The largest absolute Gasteiger partial charge is 0.383 e. The van der Waals surface area contributed by atoms with E-state index in [4.69, 9.17) is 16.3 Å². The average molecular weight is 362 g/mol. The van der Waals surface area contributed by atoms with E-state index >= 15 is 0 Å². The number of halogens is 1. The van der Waals surface area contributed by atoms with Gasteiger partial charge in [0.25, 0.3) is 0 Å². The van der Waals surface area contributed by atoms with Crippen LogP contribution < -0.4 is 5.32 Å². The van der Waals surface area contributed by atoms with Crippen LogP contribution in [-0.2, 0) is 16.1 Å². The molecule has 0 radical (unpaired) electrons. The van der Waals surface area contributed by atoms with Crippen LogP contribution in [0.15, 0.2) is 30.3 Å². The molecule has 1 amide bonds. The standard InChI is InChI=1S/C19H24ClN3O2/c1-13-5-7-16(8-6-13)11-23-19(20)17(15(3)22-23)9-10-18(24)21-14(2)12-25-4/h5-10,14H,11-12H2,1-4H3,(H,21,24). The zero-order valence-corrected chi connectivity index (χ0v) is 15.8. The topological polar surface area (TPSA) is 56.1 Å². The molecule has 5 nitrogen and oxygen atoms in total. The molecule has 0 saturated heterocycles. The fraction of sp³-hybridized carbons (Fsp3) is 0.368. The molecule has 0 aliphatic rings. The first kappa shape index (κ1) is 19.2. The van der Waals surface area contributed by atoms with Crippen LogP contribution in [0.5, 0.6) is 0 Å². The predicted molar refractivity (Wildman–Crippen MR) is 101 cm³/mol. The van der Waals surface area contributed by atoms with Crippen LogP contribution in [-0.4, -0.2) is 35.4 Å². The molecule has 0 saturated carbocycles. The van der Waals surface area contributed by atoms with E-state index in [0.717, 1.165) is 16.8 Å². The van der Waals surface area contributed by atoms with Gasteiger partial charge in [0.15, 0.2) is 0 Å². The van der Waals surface area contributed by atoms with Crippen molar-refractivity contribution in [1.82, 2.24) is 15.1 Å². The minimum Gasteiger partial charge on any atom is -0.383 e. The lowest BCUT2D eigenvalue weighted by Gasteiger charge is -2.10. The Morgan fingerprint density at radius 1 is 1.36 bits per heavy atom. The van der Waals surface area contributed by atoms with Crippen molar-refractivity contribution in [3.63, 3.8) is 0 Å². The van der Waals surface area contributed by atoms with Gasteiger partial charge in [0, 0.05) is 24.8 Å². The van der Waals surface area contributed by atoms with E-state index < -0.39 is 0 Å². The fourth-order valence-electron chi connectivity index (χ4n) is 2.47. The van der Waals surface area contributed by atoms with E-state index in [1.165, 1.54) is 11.6 Å². The molecule has 0 aliphatic heterocycles. The monoisotopic (exact) mass is 361 g/mol. The Kier molecular flexibility index (Phi) is 6.79. The van der Waals surface area contributed by atoms with Crippen LogP contribution in [0.2, 0.25) is 5.15 Å². The molecule has 1 aromatic carbocycles. The molecule has 1 N–H and O–H groups in total. The van der Waals surface area contributed by atoms with Crippen molar-refractivity contribution in [2.75, 3.05) is 13.7 Å². The van der Waals surface area contributed by atoms with Gasteiger partial charge in [-0.3, -0.25) is 4.79 Å². The summed E-state index contributed by atoms with van der Waals surface area (Å²) in [7, 11) is 1.60. The maximum atomic E-state index is 11.9. The van der Waals surface area contributed by atoms with Gasteiger partial charge in [-0.1, -0.05) is 41.4 Å². The molecular formula is C19H24ClN3O2. The van der Waals surface area contributed by atoms with Crippen LogP contribution >= 0.6 is 11.6 Å². The third kappa shape index (κ3) is 5.44. The van der Waals surface area contributed by atoms with Gasteiger partial charge in [-0.25, -0.2) is 4.68 Å². The van der Waals surface area contributed by atoms with Crippen molar-refractivity contribution in [3.05, 3.63) is 57.9 Å². The maximum Gasteiger partial charge on any atom is 0.244 e. The van der Waals surface area contributed by atoms with Crippen molar-refractivity contribution < 1.29 is 9.53 Å². The van der Waals surface area contributed by atoms with Crippen molar-refractivity contribution in [2.45, 2.75) is 33.4 Å². The second kappa shape index (κ2) is 8.83. The number of carbonyl (C=O) groups is 1. The lowest BCUT2D eigenvalue weighted by molar-refractivity contribution is -0.117. The highest BCUT2D eigenvalue weighted by Gasteiger charge is 2.12. The maximum absolute atomic E-state index is 11.9. The summed E-state index contributed by atoms with van der Waals surface area (Å²) in [6.07, 6.45) is 3.17. The number of rotatable bonds is 7. The third-order valence-electron chi connectivity index (χ3n) is 3.77. The van der Waals surface area contributed by atoms with Crippen LogP contribution in [0.1, 0.15) is 29.3 Å². The number of carbonyl (C=O) groups excluding carboxylic acids is 1. The molecule has 0 aliphatic carbocycles. The smallest absolute Gasteiger partial charge is 0.244 e. The quantitative estimate of drug-likeness (QED) is 0.769. The van der Waals surface area contributed by atoms with Gasteiger partial charge in [0.2, 0.25) is 5.91 Å². The van der Waals surface area contributed by atoms with Crippen molar-refractivity contribution in [3.8, 4) is 0 Å². The zero-order valence-electron chi connectivity index (χ0n) is 15.0. The van der Waals surface area contributed by atoms with Gasteiger partial charge in [-0.2, -0.15) is 5.10 Å². The van der Waals surface area contributed by atoms with Crippen molar-refractivity contribution in [2.24, 2.45) is 0 Å². The summed E-state index contributed by atoms with van der Waals surface area (Å²) in [4.78, 5) is 11.9. The summed E-state index contributed by atoms with van der Waals surface area (Å²) >= 11 is 6.45. The van der Waals surface area contributed by atoms with Crippen LogP contribution in [0.3, 0.4) is 0 Å². The fourth-order valence-corrected chi connectivity index (χ4v) is 2.77. The lowest BCUT2D eigenvalue weighted by Crippen LogP contribution is -2.34. The predicted octanol–water partition coefficient (Wildman–Crippen LogP) is 3.37. The second-order valence-corrected chi connectivity index (χ2v) is 6.49. The van der Waals surface area contributed by atoms with E-state index in [9.17, 15) is 4.79 Å². The van der Waals surface area contributed by atoms with Crippen LogP contribution in [0, 0.1) is 13.8 Å².